The van der Waals surface area contributed by atoms with Crippen LogP contribution in [-0.2, 0) is 19.6 Å². The number of aliphatic carboxylic acids is 1. The van der Waals surface area contributed by atoms with Crippen LogP contribution in [0.1, 0.15) is 25.7 Å². The number of anilines is 2. The molecule has 3 rings (SSSR count). The van der Waals surface area contributed by atoms with Crippen LogP contribution in [0.25, 0.3) is 0 Å². The molecule has 0 unspecified atom stereocenters. The zero-order chi connectivity index (χ0) is 21.7. The van der Waals surface area contributed by atoms with Crippen molar-refractivity contribution in [2.45, 2.75) is 30.6 Å². The molecular weight excluding hydrogens is 408 g/mol. The van der Waals surface area contributed by atoms with Crippen LogP contribution in [0.15, 0.2) is 53.4 Å². The lowest BCUT2D eigenvalue weighted by molar-refractivity contribution is -0.313. The maximum Gasteiger partial charge on any atom is 0.261 e. The van der Waals surface area contributed by atoms with Crippen LogP contribution in [0.5, 0.6) is 5.75 Å². The Morgan fingerprint density at radius 3 is 2.07 bits per heavy atom. The van der Waals surface area contributed by atoms with Crippen molar-refractivity contribution in [1.29, 1.82) is 0 Å². The molecule has 1 aliphatic rings. The van der Waals surface area contributed by atoms with E-state index in [2.05, 4.69) is 10.0 Å². The van der Waals surface area contributed by atoms with E-state index in [0.717, 1.165) is 12.8 Å². The monoisotopic (exact) mass is 431 g/mol. The van der Waals surface area contributed by atoms with E-state index in [1.807, 2.05) is 0 Å². The first-order valence-electron chi connectivity index (χ1n) is 9.59. The number of nitrogens with one attached hydrogen (secondary N) is 2. The van der Waals surface area contributed by atoms with Gasteiger partial charge >= 0.3 is 0 Å². The summed E-state index contributed by atoms with van der Waals surface area (Å²) in [6.07, 6.45) is 2.46. The van der Waals surface area contributed by atoms with Gasteiger partial charge in [0, 0.05) is 29.2 Å². The molecule has 0 heterocycles. The smallest absolute Gasteiger partial charge is 0.261 e. The molecular formula is C21H23N2O6S-. The minimum absolute atomic E-state index is 0.0293. The summed E-state index contributed by atoms with van der Waals surface area (Å²) in [7, 11) is -2.29. The molecule has 2 aromatic carbocycles. The summed E-state index contributed by atoms with van der Waals surface area (Å²) in [4.78, 5) is 23.8. The van der Waals surface area contributed by atoms with Crippen LogP contribution >= 0.6 is 0 Å². The molecule has 0 aliphatic heterocycles. The highest BCUT2D eigenvalue weighted by Crippen LogP contribution is 2.31. The average molecular weight is 431 g/mol. The number of carboxylic acid groups (broad SMARTS) is 1. The van der Waals surface area contributed by atoms with Gasteiger partial charge in [-0.05, 0) is 61.4 Å². The number of sulfonamides is 1. The Labute approximate surface area is 175 Å². The van der Waals surface area contributed by atoms with Gasteiger partial charge in [0.1, 0.15) is 5.75 Å². The Bertz CT molecular complexity index is 1000. The molecule has 0 bridgehead atoms. The van der Waals surface area contributed by atoms with E-state index in [-0.39, 0.29) is 4.90 Å². The van der Waals surface area contributed by atoms with Gasteiger partial charge in [0.15, 0.2) is 0 Å². The first kappa shape index (κ1) is 21.6. The van der Waals surface area contributed by atoms with Crippen molar-refractivity contribution in [3.8, 4) is 5.75 Å². The molecule has 0 radical (unpaired) electrons. The quantitative estimate of drug-likeness (QED) is 0.691. The molecule has 8 nitrogen and oxygen atoms in total. The molecule has 0 aromatic heterocycles. The number of carbonyl (C=O) groups excluding carboxylic acids is 2. The second kappa shape index (κ2) is 9.17. The second-order valence-corrected chi connectivity index (χ2v) is 8.85. The fourth-order valence-electron chi connectivity index (χ4n) is 3.55. The molecule has 0 saturated heterocycles. The predicted molar refractivity (Wildman–Crippen MR) is 109 cm³/mol. The van der Waals surface area contributed by atoms with Gasteiger partial charge in [-0.1, -0.05) is 12.8 Å². The third-order valence-electron chi connectivity index (χ3n) is 5.18. The lowest BCUT2D eigenvalue weighted by Gasteiger charge is -2.31. The molecule has 0 spiro atoms. The van der Waals surface area contributed by atoms with Crippen molar-refractivity contribution < 1.29 is 27.9 Å². The molecule has 9 heteroatoms. The van der Waals surface area contributed by atoms with E-state index >= 15 is 0 Å². The highest BCUT2D eigenvalue weighted by atomic mass is 32.2. The predicted octanol–water partition coefficient (Wildman–Crippen LogP) is 1.99. The van der Waals surface area contributed by atoms with Crippen molar-refractivity contribution in [3.63, 3.8) is 0 Å². The number of hydrogen-bond donors (Lipinski definition) is 2. The summed E-state index contributed by atoms with van der Waals surface area (Å²) in [6, 6.07) is 12.1. The zero-order valence-corrected chi connectivity index (χ0v) is 17.3. The highest BCUT2D eigenvalue weighted by Gasteiger charge is 2.31. The van der Waals surface area contributed by atoms with Crippen molar-refractivity contribution in [2.75, 3.05) is 17.1 Å². The second-order valence-electron chi connectivity index (χ2n) is 7.16. The largest absolute Gasteiger partial charge is 0.550 e. The number of hydrogen-bond acceptors (Lipinski definition) is 6. The van der Waals surface area contributed by atoms with Crippen LogP contribution < -0.4 is 19.9 Å². The number of ether oxygens (including phenoxy) is 1. The first-order valence-corrected chi connectivity index (χ1v) is 11.1. The topological polar surface area (TPSA) is 125 Å². The van der Waals surface area contributed by atoms with Gasteiger partial charge in [-0.3, -0.25) is 9.52 Å². The Morgan fingerprint density at radius 2 is 1.50 bits per heavy atom. The van der Waals surface area contributed by atoms with Gasteiger partial charge in [-0.25, -0.2) is 8.42 Å². The van der Waals surface area contributed by atoms with Crippen LogP contribution in [-0.4, -0.2) is 27.4 Å². The molecule has 2 atom stereocenters. The van der Waals surface area contributed by atoms with Crippen LogP contribution in [0, 0.1) is 11.8 Å². The zero-order valence-electron chi connectivity index (χ0n) is 16.5. The Kier molecular flexibility index (Phi) is 6.61. The normalized spacial score (nSPS) is 19.0. The minimum atomic E-state index is -3.81. The maximum atomic E-state index is 12.6. The molecule has 1 saturated carbocycles. The molecule has 30 heavy (non-hydrogen) atoms. The summed E-state index contributed by atoms with van der Waals surface area (Å²) in [5, 5.41) is 14.0. The number of carboxylic acids is 1. The summed E-state index contributed by atoms with van der Waals surface area (Å²) in [6.45, 7) is 0. The summed E-state index contributed by atoms with van der Waals surface area (Å²) in [5.41, 5.74) is 0.782. The lowest BCUT2D eigenvalue weighted by atomic mass is 9.78. The number of methoxy groups -OCH3 is 1. The Hall–Kier alpha value is -3.07. The van der Waals surface area contributed by atoms with Gasteiger partial charge in [-0.15, -0.1) is 0 Å². The molecule has 2 aromatic rings. The number of rotatable bonds is 7. The number of amides is 1. The highest BCUT2D eigenvalue weighted by molar-refractivity contribution is 7.92. The van der Waals surface area contributed by atoms with E-state index in [9.17, 15) is 23.1 Å². The van der Waals surface area contributed by atoms with E-state index < -0.39 is 33.7 Å². The van der Waals surface area contributed by atoms with Crippen LogP contribution in [0.4, 0.5) is 11.4 Å². The van der Waals surface area contributed by atoms with E-state index in [1.165, 1.54) is 31.4 Å². The number of carbonyl (C=O) groups is 2. The maximum absolute atomic E-state index is 12.6. The summed E-state index contributed by atoms with van der Waals surface area (Å²) in [5.74, 6) is -2.44. The Balaban J connectivity index is 1.67. The molecule has 1 amide bonds. The van der Waals surface area contributed by atoms with Crippen LogP contribution in [0.3, 0.4) is 0 Å². The third kappa shape index (κ3) is 5.10. The average Bonchev–Trinajstić information content (AvgIpc) is 2.74. The van der Waals surface area contributed by atoms with E-state index in [4.69, 9.17) is 4.74 Å². The van der Waals surface area contributed by atoms with Gasteiger partial charge in [0.25, 0.3) is 10.0 Å². The van der Waals surface area contributed by atoms with Gasteiger partial charge in [-0.2, -0.15) is 0 Å². The minimum Gasteiger partial charge on any atom is -0.550 e. The summed E-state index contributed by atoms with van der Waals surface area (Å²) >= 11 is 0. The SMILES string of the molecule is COc1ccc(NS(=O)(=O)c2ccc(NC(=O)[C@@H]3CCCC[C@@H]3C(=O)[O-])cc2)cc1. The summed E-state index contributed by atoms with van der Waals surface area (Å²) < 4.78 is 32.6. The van der Waals surface area contributed by atoms with Crippen molar-refractivity contribution in [2.24, 2.45) is 11.8 Å². The van der Waals surface area contributed by atoms with Gasteiger partial charge < -0.3 is 20.0 Å². The van der Waals surface area contributed by atoms with E-state index in [0.29, 0.717) is 30.0 Å². The van der Waals surface area contributed by atoms with Gasteiger partial charge in [0.2, 0.25) is 5.91 Å². The number of benzene rings is 2. The standard InChI is InChI=1S/C21H24N2O6S/c1-29-16-10-6-15(7-11-16)23-30(27,28)17-12-8-14(9-13-17)22-20(24)18-4-2-3-5-19(18)21(25)26/h6-13,18-19,23H,2-5H2,1H3,(H,22,24)(H,25,26)/p-1/t18-,19+/m1/s1. The molecule has 2 N–H and O–H groups in total. The molecule has 160 valence electrons. The molecule has 1 fully saturated rings. The lowest BCUT2D eigenvalue weighted by Crippen LogP contribution is -2.42. The van der Waals surface area contributed by atoms with E-state index in [1.54, 1.807) is 24.3 Å². The van der Waals surface area contributed by atoms with Crippen molar-refractivity contribution in [1.82, 2.24) is 0 Å². The van der Waals surface area contributed by atoms with Crippen LogP contribution in [0.2, 0.25) is 0 Å². The first-order chi connectivity index (χ1) is 14.3. The van der Waals surface area contributed by atoms with Gasteiger partial charge in [0.05, 0.1) is 12.0 Å². The van der Waals surface area contributed by atoms with Crippen molar-refractivity contribution in [3.05, 3.63) is 48.5 Å². The fraction of sp³-hybridized carbons (Fsp3) is 0.333. The van der Waals surface area contributed by atoms with Crippen molar-refractivity contribution >= 4 is 33.3 Å². The third-order valence-corrected chi connectivity index (χ3v) is 6.58. The fourth-order valence-corrected chi connectivity index (χ4v) is 4.61. The molecule has 1 aliphatic carbocycles. The Morgan fingerprint density at radius 1 is 0.933 bits per heavy atom.